The van der Waals surface area contributed by atoms with Gasteiger partial charge in [0.15, 0.2) is 0 Å². The van der Waals surface area contributed by atoms with Crippen molar-refractivity contribution in [3.63, 3.8) is 0 Å². The van der Waals surface area contributed by atoms with Gasteiger partial charge in [-0.25, -0.2) is 8.42 Å². The third-order valence-corrected chi connectivity index (χ3v) is 9.89. The second-order valence-electron chi connectivity index (χ2n) is 12.3. The number of rotatable bonds is 9. The van der Waals surface area contributed by atoms with E-state index in [1.807, 2.05) is 32.0 Å². The molecule has 0 radical (unpaired) electrons. The van der Waals surface area contributed by atoms with Crippen molar-refractivity contribution in [3.05, 3.63) is 83.9 Å². The normalized spacial score (nSPS) is 20.1. The van der Waals surface area contributed by atoms with Crippen LogP contribution in [0.3, 0.4) is 0 Å². The number of aliphatic hydroxyl groups is 1. The highest BCUT2D eigenvalue weighted by Crippen LogP contribution is 2.30. The molecule has 0 aromatic heterocycles. The predicted octanol–water partition coefficient (Wildman–Crippen LogP) is 5.06. The second-order valence-corrected chi connectivity index (χ2v) is 14.0. The fourth-order valence-corrected chi connectivity index (χ4v) is 6.62. The highest BCUT2D eigenvalue weighted by Gasteiger charge is 2.31. The summed E-state index contributed by atoms with van der Waals surface area (Å²) in [4.78, 5) is 30.8. The summed E-state index contributed by atoms with van der Waals surface area (Å²) in [7, 11) is -0.758. The summed E-state index contributed by atoms with van der Waals surface area (Å²) >= 11 is 0. The molecule has 0 bridgehead atoms. The number of likely N-dealkylation sites (N-methyl/N-ethyl adjacent to an activating group) is 1. The van der Waals surface area contributed by atoms with E-state index < -0.39 is 28.1 Å². The van der Waals surface area contributed by atoms with Crippen LogP contribution in [0.5, 0.6) is 11.5 Å². The van der Waals surface area contributed by atoms with Crippen molar-refractivity contribution >= 4 is 27.5 Å². The zero-order valence-electron chi connectivity index (χ0n) is 28.3. The van der Waals surface area contributed by atoms with E-state index in [0.29, 0.717) is 36.6 Å². The number of carbonyl (C=O) groups excluding carboxylic acids is 2. The van der Waals surface area contributed by atoms with Crippen LogP contribution in [-0.2, 0) is 14.8 Å². The van der Waals surface area contributed by atoms with Gasteiger partial charge in [0, 0.05) is 43.9 Å². The Kier molecular flexibility index (Phi) is 12.9. The van der Waals surface area contributed by atoms with Gasteiger partial charge in [0.1, 0.15) is 11.5 Å². The van der Waals surface area contributed by atoms with Crippen LogP contribution < -0.4 is 14.2 Å². The summed E-state index contributed by atoms with van der Waals surface area (Å²) in [5.41, 5.74) is 0.917. The van der Waals surface area contributed by atoms with Gasteiger partial charge < -0.3 is 29.1 Å². The standard InChI is InChI=1S/C36H47N3O8S/c1-25-22-39(26(2)24-40)36(42)32-21-29(37-48(43,44)31-17-15-30(45-5)16-18-31)14-19-33(32)47-27(3)11-9-10-20-46-34(25)23-38(4)35(41)28-12-7-6-8-13-28/h6-8,12-19,21,25-27,34,37,40H,9-11,20,22-24H2,1-5H3/t25-,26+,27-,34+/m1/s1. The Hall–Kier alpha value is -4.13. The first kappa shape index (κ1) is 36.7. The average molecular weight is 682 g/mol. The van der Waals surface area contributed by atoms with Gasteiger partial charge in [0.05, 0.1) is 42.4 Å². The molecule has 2 N–H and O–H groups in total. The monoisotopic (exact) mass is 681 g/mol. The van der Waals surface area contributed by atoms with Crippen molar-refractivity contribution in [1.29, 1.82) is 0 Å². The van der Waals surface area contributed by atoms with Gasteiger partial charge in [-0.1, -0.05) is 25.1 Å². The molecule has 3 aromatic carbocycles. The maximum absolute atomic E-state index is 14.4. The summed E-state index contributed by atoms with van der Waals surface area (Å²) in [6.07, 6.45) is 1.66. The Morgan fingerprint density at radius 2 is 1.79 bits per heavy atom. The van der Waals surface area contributed by atoms with Gasteiger partial charge >= 0.3 is 0 Å². The van der Waals surface area contributed by atoms with Gasteiger partial charge in [-0.15, -0.1) is 0 Å². The van der Waals surface area contributed by atoms with Crippen molar-refractivity contribution in [1.82, 2.24) is 9.80 Å². The number of sulfonamides is 1. The fraction of sp³-hybridized carbons (Fsp3) is 0.444. The third-order valence-electron chi connectivity index (χ3n) is 8.49. The highest BCUT2D eigenvalue weighted by atomic mass is 32.2. The molecular weight excluding hydrogens is 634 g/mol. The average Bonchev–Trinajstić information content (AvgIpc) is 3.09. The Morgan fingerprint density at radius 1 is 1.08 bits per heavy atom. The summed E-state index contributed by atoms with van der Waals surface area (Å²) < 4.78 is 46.8. The van der Waals surface area contributed by atoms with Gasteiger partial charge in [0.25, 0.3) is 21.8 Å². The number of hydrogen-bond donors (Lipinski definition) is 2. The summed E-state index contributed by atoms with van der Waals surface area (Å²) in [6.45, 7) is 6.31. The maximum Gasteiger partial charge on any atom is 0.261 e. The van der Waals surface area contributed by atoms with Crippen LogP contribution in [-0.4, -0.2) is 93.8 Å². The first-order valence-electron chi connectivity index (χ1n) is 16.2. The number of nitrogens with zero attached hydrogens (tertiary/aromatic N) is 2. The summed E-state index contributed by atoms with van der Waals surface area (Å²) in [5, 5.41) is 10.2. The number of methoxy groups -OCH3 is 1. The third kappa shape index (κ3) is 9.48. The minimum atomic E-state index is -3.99. The Labute approximate surface area is 283 Å². The molecule has 0 saturated carbocycles. The molecule has 260 valence electrons. The number of amides is 2. The Balaban J connectivity index is 1.65. The van der Waals surface area contributed by atoms with Gasteiger partial charge in [-0.2, -0.15) is 0 Å². The van der Waals surface area contributed by atoms with Crippen LogP contribution in [0.2, 0.25) is 0 Å². The molecule has 0 fully saturated rings. The molecule has 48 heavy (non-hydrogen) atoms. The first-order chi connectivity index (χ1) is 22.9. The number of anilines is 1. The highest BCUT2D eigenvalue weighted by molar-refractivity contribution is 7.92. The molecule has 0 saturated heterocycles. The van der Waals surface area contributed by atoms with Gasteiger partial charge in [-0.05, 0) is 87.7 Å². The molecule has 1 aliphatic rings. The minimum Gasteiger partial charge on any atom is -0.497 e. The number of hydrogen-bond acceptors (Lipinski definition) is 8. The van der Waals surface area contributed by atoms with Crippen LogP contribution >= 0.6 is 0 Å². The number of ether oxygens (including phenoxy) is 3. The lowest BCUT2D eigenvalue weighted by Crippen LogP contribution is -2.48. The van der Waals surface area contributed by atoms with Crippen molar-refractivity contribution in [2.24, 2.45) is 5.92 Å². The lowest BCUT2D eigenvalue weighted by atomic mass is 10.0. The van der Waals surface area contributed by atoms with Crippen LogP contribution in [0.4, 0.5) is 5.69 Å². The quantitative estimate of drug-likeness (QED) is 0.320. The van der Waals surface area contributed by atoms with E-state index in [-0.39, 0.29) is 47.2 Å². The Bertz CT molecular complexity index is 1620. The topological polar surface area (TPSA) is 135 Å². The smallest absolute Gasteiger partial charge is 0.261 e. The number of aliphatic hydroxyl groups excluding tert-OH is 1. The minimum absolute atomic E-state index is 0.0330. The summed E-state index contributed by atoms with van der Waals surface area (Å²) in [5.74, 6) is 0.0387. The van der Waals surface area contributed by atoms with E-state index in [2.05, 4.69) is 4.72 Å². The Morgan fingerprint density at radius 3 is 2.46 bits per heavy atom. The first-order valence-corrected chi connectivity index (χ1v) is 17.7. The van der Waals surface area contributed by atoms with Crippen molar-refractivity contribution in [2.45, 2.75) is 63.2 Å². The largest absolute Gasteiger partial charge is 0.497 e. The SMILES string of the molecule is COc1ccc(S(=O)(=O)Nc2ccc3c(c2)C(=O)N([C@@H](C)CO)C[C@@H](C)[C@H](CN(C)C(=O)c2ccccc2)OCCCC[C@@H](C)O3)cc1. The lowest BCUT2D eigenvalue weighted by Gasteiger charge is -2.36. The van der Waals surface area contributed by atoms with Gasteiger partial charge in [-0.3, -0.25) is 14.3 Å². The van der Waals surface area contributed by atoms with E-state index in [9.17, 15) is 23.1 Å². The van der Waals surface area contributed by atoms with E-state index in [0.717, 1.165) is 12.8 Å². The molecule has 4 atom stereocenters. The molecule has 0 unspecified atom stereocenters. The maximum atomic E-state index is 14.4. The van der Waals surface area contributed by atoms with Crippen LogP contribution in [0.15, 0.2) is 77.7 Å². The van der Waals surface area contributed by atoms with E-state index >= 15 is 0 Å². The number of nitrogens with one attached hydrogen (secondary N) is 1. The number of fused-ring (bicyclic) bond motifs is 1. The number of benzene rings is 3. The molecule has 0 spiro atoms. The zero-order chi connectivity index (χ0) is 34.8. The predicted molar refractivity (Wildman–Crippen MR) is 184 cm³/mol. The molecule has 3 aromatic rings. The molecule has 0 aliphatic carbocycles. The fourth-order valence-electron chi connectivity index (χ4n) is 5.57. The molecule has 2 amide bonds. The number of carbonyl (C=O) groups is 2. The molecule has 1 heterocycles. The molecule has 4 rings (SSSR count). The van der Waals surface area contributed by atoms with Crippen molar-refractivity contribution in [3.8, 4) is 11.5 Å². The van der Waals surface area contributed by atoms with Crippen molar-refractivity contribution < 1.29 is 37.3 Å². The zero-order valence-corrected chi connectivity index (χ0v) is 29.1. The molecular formula is C36H47N3O8S. The molecule has 12 heteroatoms. The van der Waals surface area contributed by atoms with Gasteiger partial charge in [0.2, 0.25) is 0 Å². The van der Waals surface area contributed by atoms with Crippen molar-refractivity contribution in [2.75, 3.05) is 45.2 Å². The van der Waals surface area contributed by atoms with Crippen LogP contribution in [0.1, 0.15) is 60.7 Å². The van der Waals surface area contributed by atoms with E-state index in [4.69, 9.17) is 14.2 Å². The van der Waals surface area contributed by atoms with E-state index in [1.54, 1.807) is 60.2 Å². The van der Waals surface area contributed by atoms with E-state index in [1.165, 1.54) is 25.3 Å². The summed E-state index contributed by atoms with van der Waals surface area (Å²) in [6, 6.07) is 19.1. The van der Waals surface area contributed by atoms with Crippen LogP contribution in [0.25, 0.3) is 0 Å². The molecule has 11 nitrogen and oxygen atoms in total. The van der Waals surface area contributed by atoms with Crippen LogP contribution in [0, 0.1) is 5.92 Å². The second kappa shape index (κ2) is 16.8. The lowest BCUT2D eigenvalue weighted by molar-refractivity contribution is -0.0149. The molecule has 1 aliphatic heterocycles.